The number of carbonyl (C=O) groups excluding carboxylic acids is 1. The van der Waals surface area contributed by atoms with Crippen molar-refractivity contribution in [3.8, 4) is 5.75 Å². The van der Waals surface area contributed by atoms with Gasteiger partial charge in [-0.05, 0) is 30.9 Å². The largest absolute Gasteiger partial charge is 0.507 e. The summed E-state index contributed by atoms with van der Waals surface area (Å²) < 4.78 is 68.7. The number of hydrogen-bond donors (Lipinski definition) is 3. The van der Waals surface area contributed by atoms with Gasteiger partial charge in [0.05, 0.1) is 10.6 Å². The van der Waals surface area contributed by atoms with E-state index in [4.69, 9.17) is 25.0 Å². The molecule has 0 aliphatic rings. The molecule has 122 valence electrons. The van der Waals surface area contributed by atoms with Crippen LogP contribution in [0.25, 0.3) is 0 Å². The molecule has 2 aromatic carbocycles. The standard InChI is InChI=1S/C15H15ClN2O4S/c1-8-4-3-5-9(2)14(8)18-15(20)10-6-13(23(17,21)22)11(16)7-12(10)19/h3-7,19H,1-2H3,(H,18,20)(H2,17,21,22)/i1D3,2D3. The first kappa shape index (κ1) is 10.6. The number of phenolic OH excluding ortho intramolecular Hbond substituents is 1. The number of sulfonamides is 1. The molecular formula is C15H15ClN2O4S. The molecule has 2 rings (SSSR count). The molecule has 0 radical (unpaired) electrons. The lowest BCUT2D eigenvalue weighted by atomic mass is 10.1. The van der Waals surface area contributed by atoms with Gasteiger partial charge in [0.15, 0.2) is 0 Å². The summed E-state index contributed by atoms with van der Waals surface area (Å²) in [6, 6.07) is 4.94. The number of aryl methyl sites for hydroxylation is 2. The number of aromatic hydroxyl groups is 1. The number of nitrogens with two attached hydrogens (primary N) is 1. The second kappa shape index (κ2) is 6.19. The van der Waals surface area contributed by atoms with Crippen LogP contribution >= 0.6 is 11.6 Å². The first-order valence-electron chi connectivity index (χ1n) is 9.04. The summed E-state index contributed by atoms with van der Waals surface area (Å²) in [5, 5.41) is 16.7. The lowest BCUT2D eigenvalue weighted by Gasteiger charge is -2.13. The quantitative estimate of drug-likeness (QED) is 0.781. The maximum absolute atomic E-state index is 12.7. The van der Waals surface area contributed by atoms with Gasteiger partial charge < -0.3 is 10.4 Å². The summed E-state index contributed by atoms with van der Waals surface area (Å²) in [7, 11) is -4.34. The van der Waals surface area contributed by atoms with E-state index in [9.17, 15) is 18.3 Å². The highest BCUT2D eigenvalue weighted by atomic mass is 35.5. The number of carbonyl (C=O) groups is 1. The second-order valence-electron chi connectivity index (χ2n) is 4.53. The molecule has 0 saturated carbocycles. The number of benzene rings is 2. The lowest BCUT2D eigenvalue weighted by molar-refractivity contribution is 0.102. The summed E-state index contributed by atoms with van der Waals surface area (Å²) in [4.78, 5) is 12.0. The number of hydrogen-bond acceptors (Lipinski definition) is 4. The Labute approximate surface area is 147 Å². The van der Waals surface area contributed by atoms with Gasteiger partial charge >= 0.3 is 0 Å². The van der Waals surface area contributed by atoms with Gasteiger partial charge in [0.2, 0.25) is 10.0 Å². The monoisotopic (exact) mass is 360 g/mol. The van der Waals surface area contributed by atoms with Gasteiger partial charge in [-0.3, -0.25) is 4.79 Å². The predicted molar refractivity (Wildman–Crippen MR) is 88.4 cm³/mol. The molecule has 0 heterocycles. The molecule has 23 heavy (non-hydrogen) atoms. The topological polar surface area (TPSA) is 109 Å². The Kier molecular flexibility index (Phi) is 2.86. The average Bonchev–Trinajstić information content (AvgIpc) is 2.51. The van der Waals surface area contributed by atoms with Crippen molar-refractivity contribution in [2.45, 2.75) is 18.6 Å². The van der Waals surface area contributed by atoms with E-state index >= 15 is 0 Å². The Bertz CT molecular complexity index is 1050. The summed E-state index contributed by atoms with van der Waals surface area (Å²) in [6.07, 6.45) is 0. The smallest absolute Gasteiger partial charge is 0.259 e. The molecule has 8 heteroatoms. The molecule has 0 aliphatic heterocycles. The van der Waals surface area contributed by atoms with E-state index in [1.807, 2.05) is 0 Å². The van der Waals surface area contributed by atoms with Crippen molar-refractivity contribution in [3.63, 3.8) is 0 Å². The van der Waals surface area contributed by atoms with E-state index in [1.165, 1.54) is 6.07 Å². The normalized spacial score (nSPS) is 16.3. The van der Waals surface area contributed by atoms with Crippen LogP contribution in [0.1, 0.15) is 29.7 Å². The molecule has 1 amide bonds. The van der Waals surface area contributed by atoms with Crippen molar-refractivity contribution in [2.24, 2.45) is 5.14 Å². The van der Waals surface area contributed by atoms with E-state index in [0.29, 0.717) is 6.07 Å². The molecule has 2 aromatic rings. The van der Waals surface area contributed by atoms with Crippen LogP contribution in [0.4, 0.5) is 5.69 Å². The van der Waals surface area contributed by atoms with Gasteiger partial charge in [-0.25, -0.2) is 13.6 Å². The zero-order valence-corrected chi connectivity index (χ0v) is 13.0. The third-order valence-corrected chi connectivity index (χ3v) is 4.28. The Morgan fingerprint density at radius 3 is 2.43 bits per heavy atom. The molecule has 0 unspecified atom stereocenters. The number of phenols is 1. The molecule has 0 saturated heterocycles. The molecule has 0 fully saturated rings. The fourth-order valence-electron chi connectivity index (χ4n) is 1.81. The highest BCUT2D eigenvalue weighted by molar-refractivity contribution is 7.89. The first-order valence-corrected chi connectivity index (χ1v) is 7.96. The van der Waals surface area contributed by atoms with Crippen LogP contribution < -0.4 is 10.5 Å². The molecule has 0 atom stereocenters. The highest BCUT2D eigenvalue weighted by Gasteiger charge is 2.21. The van der Waals surface area contributed by atoms with Crippen molar-refractivity contribution >= 4 is 33.2 Å². The Morgan fingerprint density at radius 1 is 1.30 bits per heavy atom. The third kappa shape index (κ3) is 3.64. The van der Waals surface area contributed by atoms with Crippen molar-refractivity contribution < 1.29 is 26.5 Å². The highest BCUT2D eigenvalue weighted by Crippen LogP contribution is 2.30. The number of nitrogens with one attached hydrogen (secondary N) is 1. The summed E-state index contributed by atoms with van der Waals surface area (Å²) in [5.74, 6) is -1.88. The maximum atomic E-state index is 12.7. The van der Waals surface area contributed by atoms with Gasteiger partial charge in [0, 0.05) is 20.0 Å². The number of amides is 1. The predicted octanol–water partition coefficient (Wildman–Crippen LogP) is 2.56. The van der Waals surface area contributed by atoms with Gasteiger partial charge in [-0.15, -0.1) is 0 Å². The Balaban J connectivity index is 2.65. The Hall–Kier alpha value is -2.09. The van der Waals surface area contributed by atoms with Crippen LogP contribution in [-0.2, 0) is 10.0 Å². The molecule has 0 spiro atoms. The fourth-order valence-corrected chi connectivity index (χ4v) is 2.90. The summed E-state index contributed by atoms with van der Waals surface area (Å²) >= 11 is 5.72. The third-order valence-electron chi connectivity index (χ3n) is 2.90. The number of primary sulfonamides is 1. The van der Waals surface area contributed by atoms with Gasteiger partial charge in [-0.2, -0.15) is 0 Å². The minimum Gasteiger partial charge on any atom is -0.507 e. The van der Waals surface area contributed by atoms with Crippen molar-refractivity contribution in [1.29, 1.82) is 0 Å². The summed E-state index contributed by atoms with van der Waals surface area (Å²) in [6.45, 7) is -5.53. The molecule has 6 nitrogen and oxygen atoms in total. The zero-order chi connectivity index (χ0) is 22.4. The SMILES string of the molecule is [2H]C([2H])([2H])c1cccc(C([2H])([2H])[2H])c1NC(=O)c1cc(S(N)(=O)=O)c(Cl)cc1O. The number of anilines is 1. The Morgan fingerprint density at radius 2 is 1.91 bits per heavy atom. The van der Waals surface area contributed by atoms with Crippen LogP contribution in [-0.4, -0.2) is 19.4 Å². The summed E-state index contributed by atoms with van der Waals surface area (Å²) in [5.41, 5.74) is -1.99. The van der Waals surface area contributed by atoms with Gasteiger partial charge in [0.25, 0.3) is 5.91 Å². The van der Waals surface area contributed by atoms with Crippen molar-refractivity contribution in [3.05, 3.63) is 52.0 Å². The molecular weight excluding hydrogens is 340 g/mol. The average molecular weight is 361 g/mol. The number of para-hydroxylation sites is 1. The van der Waals surface area contributed by atoms with Crippen molar-refractivity contribution in [1.82, 2.24) is 0 Å². The number of rotatable bonds is 3. The first-order chi connectivity index (χ1) is 13.0. The fraction of sp³-hybridized carbons (Fsp3) is 0.133. The minimum absolute atomic E-state index is 0.437. The molecule has 0 aromatic heterocycles. The van der Waals surface area contributed by atoms with Gasteiger partial charge in [0.1, 0.15) is 10.6 Å². The van der Waals surface area contributed by atoms with Crippen molar-refractivity contribution in [2.75, 3.05) is 5.32 Å². The zero-order valence-electron chi connectivity index (χ0n) is 17.4. The van der Waals surface area contributed by atoms with E-state index in [2.05, 4.69) is 5.32 Å². The van der Waals surface area contributed by atoms with Crippen LogP contribution in [0.5, 0.6) is 5.75 Å². The van der Waals surface area contributed by atoms with E-state index in [0.717, 1.165) is 18.2 Å². The van der Waals surface area contributed by atoms with Crippen LogP contribution in [0.2, 0.25) is 5.02 Å². The molecule has 4 N–H and O–H groups in total. The second-order valence-corrected chi connectivity index (χ2v) is 6.46. The van der Waals surface area contributed by atoms with Crippen LogP contribution in [0.15, 0.2) is 35.2 Å². The van der Waals surface area contributed by atoms with Crippen LogP contribution in [0, 0.1) is 13.7 Å². The van der Waals surface area contributed by atoms with E-state index in [1.54, 1.807) is 0 Å². The maximum Gasteiger partial charge on any atom is 0.259 e. The van der Waals surface area contributed by atoms with Crippen LogP contribution in [0.3, 0.4) is 0 Å². The van der Waals surface area contributed by atoms with Gasteiger partial charge in [-0.1, -0.05) is 29.8 Å². The van der Waals surface area contributed by atoms with E-state index in [-0.39, 0.29) is 0 Å². The lowest BCUT2D eigenvalue weighted by Crippen LogP contribution is -2.17. The molecule has 0 bridgehead atoms. The van der Waals surface area contributed by atoms with E-state index < -0.39 is 67.7 Å². The number of halogens is 1. The molecule has 0 aliphatic carbocycles. The minimum atomic E-state index is -4.34.